The van der Waals surface area contributed by atoms with Crippen LogP contribution in [0.15, 0.2) is 18.2 Å². The Labute approximate surface area is 161 Å². The summed E-state index contributed by atoms with van der Waals surface area (Å²) < 4.78 is 23.4. The van der Waals surface area contributed by atoms with Gasteiger partial charge in [0.25, 0.3) is 0 Å². The van der Waals surface area contributed by atoms with Crippen molar-refractivity contribution in [3.63, 3.8) is 0 Å². The number of halogens is 1. The Morgan fingerprint density at radius 1 is 1.15 bits per heavy atom. The lowest BCUT2D eigenvalue weighted by Crippen LogP contribution is -2.41. The molecule has 0 saturated carbocycles. The molecule has 0 N–H and O–H groups in total. The largest absolute Gasteiger partial charge is 0.498 e. The van der Waals surface area contributed by atoms with Gasteiger partial charge in [-0.1, -0.05) is 11.6 Å². The Morgan fingerprint density at radius 2 is 1.69 bits per heavy atom. The lowest BCUT2D eigenvalue weighted by Gasteiger charge is -2.32. The molecule has 5 nitrogen and oxygen atoms in total. The number of hydrogen-bond donors (Lipinski definition) is 0. The molecular weight excluding hydrogens is 354 g/mol. The number of esters is 1. The highest BCUT2D eigenvalue weighted by atomic mass is 35.5. The molecule has 7 heteroatoms. The molecule has 26 heavy (non-hydrogen) atoms. The maximum atomic E-state index is 12.2. The molecule has 1 fully saturated rings. The quantitative estimate of drug-likeness (QED) is 0.586. The Kier molecular flexibility index (Phi) is 5.72. The van der Waals surface area contributed by atoms with E-state index in [1.165, 1.54) is 0 Å². The number of carbonyl (C=O) groups excluding carboxylic acids is 1. The molecule has 1 unspecified atom stereocenters. The van der Waals surface area contributed by atoms with Crippen LogP contribution in [0.5, 0.6) is 5.75 Å². The molecule has 1 aromatic carbocycles. The molecule has 1 aliphatic heterocycles. The van der Waals surface area contributed by atoms with E-state index in [4.69, 9.17) is 30.4 Å². The summed E-state index contributed by atoms with van der Waals surface area (Å²) in [4.78, 5) is 12.2. The van der Waals surface area contributed by atoms with E-state index >= 15 is 0 Å². The first-order valence-corrected chi connectivity index (χ1v) is 9.14. The fraction of sp³-hybridized carbons (Fsp3) is 0.632. The smallest absolute Gasteiger partial charge is 0.479 e. The molecule has 0 aliphatic carbocycles. The van der Waals surface area contributed by atoms with Crippen LogP contribution in [0.25, 0.3) is 0 Å². The van der Waals surface area contributed by atoms with Gasteiger partial charge < -0.3 is 18.8 Å². The standard InChI is InChI=1S/C19H28BClO5/c1-12(16(22)24-17(2,3)4)23-15-10-9-13(21)11-14(15)20-25-18(5,6)19(7,8)26-20/h9-12H,1-8H3. The van der Waals surface area contributed by atoms with Gasteiger partial charge in [0, 0.05) is 10.5 Å². The molecule has 0 amide bonds. The van der Waals surface area contributed by atoms with Crippen molar-refractivity contribution in [2.24, 2.45) is 0 Å². The van der Waals surface area contributed by atoms with Crippen molar-refractivity contribution in [1.29, 1.82) is 0 Å². The van der Waals surface area contributed by atoms with E-state index in [-0.39, 0.29) is 0 Å². The zero-order valence-electron chi connectivity index (χ0n) is 16.8. The van der Waals surface area contributed by atoms with Gasteiger partial charge in [0.15, 0.2) is 6.10 Å². The summed E-state index contributed by atoms with van der Waals surface area (Å²) in [5.74, 6) is 0.0403. The summed E-state index contributed by atoms with van der Waals surface area (Å²) in [6.07, 6.45) is -0.781. The van der Waals surface area contributed by atoms with Crippen LogP contribution in [0.2, 0.25) is 5.02 Å². The molecule has 2 rings (SSSR count). The zero-order chi connectivity index (χ0) is 19.9. The van der Waals surface area contributed by atoms with E-state index in [0.29, 0.717) is 16.2 Å². The molecule has 0 aromatic heterocycles. The molecule has 1 saturated heterocycles. The first kappa shape index (κ1) is 21.1. The van der Waals surface area contributed by atoms with Gasteiger partial charge in [-0.2, -0.15) is 0 Å². The molecule has 144 valence electrons. The summed E-state index contributed by atoms with van der Waals surface area (Å²) in [7, 11) is -0.639. The topological polar surface area (TPSA) is 54.0 Å². The van der Waals surface area contributed by atoms with Crippen LogP contribution >= 0.6 is 11.6 Å². The molecule has 0 bridgehead atoms. The lowest BCUT2D eigenvalue weighted by atomic mass is 9.78. The second-order valence-electron chi connectivity index (χ2n) is 8.56. The summed E-state index contributed by atoms with van der Waals surface area (Å²) in [6.45, 7) is 15.0. The third-order valence-corrected chi connectivity index (χ3v) is 4.76. The van der Waals surface area contributed by atoms with Gasteiger partial charge in [-0.15, -0.1) is 0 Å². The third kappa shape index (κ3) is 4.73. The van der Waals surface area contributed by atoms with Crippen LogP contribution in [0.1, 0.15) is 55.4 Å². The van der Waals surface area contributed by atoms with Gasteiger partial charge in [0.1, 0.15) is 11.4 Å². The van der Waals surface area contributed by atoms with Crippen molar-refractivity contribution in [1.82, 2.24) is 0 Å². The average Bonchev–Trinajstić information content (AvgIpc) is 2.67. The Morgan fingerprint density at radius 3 is 2.19 bits per heavy atom. The second-order valence-corrected chi connectivity index (χ2v) is 9.00. The maximum absolute atomic E-state index is 12.2. The molecule has 1 aromatic rings. The highest BCUT2D eigenvalue weighted by Crippen LogP contribution is 2.37. The molecule has 0 spiro atoms. The van der Waals surface area contributed by atoms with E-state index in [1.54, 1.807) is 25.1 Å². The first-order valence-electron chi connectivity index (χ1n) is 8.76. The van der Waals surface area contributed by atoms with E-state index < -0.39 is 36.0 Å². The van der Waals surface area contributed by atoms with Crippen molar-refractivity contribution < 1.29 is 23.6 Å². The van der Waals surface area contributed by atoms with Crippen molar-refractivity contribution in [3.8, 4) is 5.75 Å². The Bertz CT molecular complexity index is 665. The minimum absolute atomic E-state index is 0.438. The zero-order valence-corrected chi connectivity index (χ0v) is 17.6. The summed E-state index contributed by atoms with van der Waals surface area (Å²) >= 11 is 6.17. The normalized spacial score (nSPS) is 20.0. The van der Waals surface area contributed by atoms with E-state index in [9.17, 15) is 4.79 Å². The molecule has 1 heterocycles. The van der Waals surface area contributed by atoms with Crippen LogP contribution in [0.3, 0.4) is 0 Å². The summed E-state index contributed by atoms with van der Waals surface area (Å²) in [6, 6.07) is 5.15. The van der Waals surface area contributed by atoms with Crippen molar-refractivity contribution in [2.45, 2.75) is 78.3 Å². The van der Waals surface area contributed by atoms with Gasteiger partial charge in [-0.25, -0.2) is 4.79 Å². The molecule has 0 radical (unpaired) electrons. The van der Waals surface area contributed by atoms with E-state index in [2.05, 4.69) is 0 Å². The van der Waals surface area contributed by atoms with Crippen LogP contribution in [-0.2, 0) is 18.8 Å². The van der Waals surface area contributed by atoms with Gasteiger partial charge in [0.2, 0.25) is 0 Å². The highest BCUT2D eigenvalue weighted by molar-refractivity contribution is 6.63. The van der Waals surface area contributed by atoms with Crippen molar-refractivity contribution >= 4 is 30.2 Å². The first-order chi connectivity index (χ1) is 11.7. The van der Waals surface area contributed by atoms with Gasteiger partial charge in [-0.3, -0.25) is 0 Å². The van der Waals surface area contributed by atoms with Crippen LogP contribution < -0.4 is 10.2 Å². The number of benzene rings is 1. The fourth-order valence-corrected chi connectivity index (χ4v) is 2.58. The molecule has 1 atom stereocenters. The average molecular weight is 383 g/mol. The third-order valence-electron chi connectivity index (χ3n) is 4.52. The van der Waals surface area contributed by atoms with Crippen LogP contribution in [-0.4, -0.2) is 36.0 Å². The van der Waals surface area contributed by atoms with Gasteiger partial charge >= 0.3 is 13.1 Å². The van der Waals surface area contributed by atoms with Gasteiger partial charge in [-0.05, 0) is 73.6 Å². The number of hydrogen-bond acceptors (Lipinski definition) is 5. The van der Waals surface area contributed by atoms with Crippen molar-refractivity contribution in [3.05, 3.63) is 23.2 Å². The predicted molar refractivity (Wildman–Crippen MR) is 103 cm³/mol. The number of rotatable bonds is 4. The Hall–Kier alpha value is -1.24. The summed E-state index contributed by atoms with van der Waals surface area (Å²) in [5.41, 5.74) is -0.919. The number of carbonyl (C=O) groups is 1. The SMILES string of the molecule is CC(Oc1ccc(Cl)cc1B1OC(C)(C)C(C)(C)O1)C(=O)OC(C)(C)C. The Balaban J connectivity index is 2.25. The predicted octanol–water partition coefficient (Wildman–Crippen LogP) is 3.75. The van der Waals surface area contributed by atoms with E-state index in [0.717, 1.165) is 0 Å². The van der Waals surface area contributed by atoms with Crippen LogP contribution in [0, 0.1) is 0 Å². The van der Waals surface area contributed by atoms with E-state index in [1.807, 2.05) is 48.5 Å². The second kappa shape index (κ2) is 7.06. The minimum atomic E-state index is -0.781. The highest BCUT2D eigenvalue weighted by Gasteiger charge is 2.52. The van der Waals surface area contributed by atoms with Gasteiger partial charge in [0.05, 0.1) is 11.2 Å². The van der Waals surface area contributed by atoms with Crippen molar-refractivity contribution in [2.75, 3.05) is 0 Å². The summed E-state index contributed by atoms with van der Waals surface area (Å²) in [5, 5.41) is 0.534. The lowest BCUT2D eigenvalue weighted by molar-refractivity contribution is -0.162. The molecular formula is C19H28BClO5. The fourth-order valence-electron chi connectivity index (χ4n) is 2.40. The maximum Gasteiger partial charge on any atom is 0.498 e. The monoisotopic (exact) mass is 382 g/mol. The minimum Gasteiger partial charge on any atom is -0.479 e. The van der Waals surface area contributed by atoms with Crippen LogP contribution in [0.4, 0.5) is 0 Å². The molecule has 1 aliphatic rings. The number of ether oxygens (including phenoxy) is 2.